The summed E-state index contributed by atoms with van der Waals surface area (Å²) in [5.74, 6) is 2.91. The summed E-state index contributed by atoms with van der Waals surface area (Å²) in [5, 5.41) is 3.58. The van der Waals surface area contributed by atoms with Crippen LogP contribution in [0.25, 0.3) is 0 Å². The number of hydrogen-bond acceptors (Lipinski definition) is 2. The summed E-state index contributed by atoms with van der Waals surface area (Å²) in [4.78, 5) is 0. The van der Waals surface area contributed by atoms with E-state index in [9.17, 15) is 0 Å². The van der Waals surface area contributed by atoms with Crippen LogP contribution in [0.15, 0.2) is 22.7 Å². The molecule has 2 aliphatic carbocycles. The molecule has 3 heteroatoms. The SMILES string of the molecule is Nc1ccc(NCC(C2CC2)C2CC2)c(Br)c1. The first-order valence-electron chi connectivity index (χ1n) is 6.53. The van der Waals surface area contributed by atoms with E-state index in [1.165, 1.54) is 31.4 Å². The third kappa shape index (κ3) is 2.76. The van der Waals surface area contributed by atoms with E-state index in [-0.39, 0.29) is 0 Å². The Kier molecular flexibility index (Phi) is 3.03. The molecule has 17 heavy (non-hydrogen) atoms. The molecule has 2 saturated carbocycles. The maximum absolute atomic E-state index is 5.74. The molecule has 0 radical (unpaired) electrons. The predicted molar refractivity (Wildman–Crippen MR) is 76.0 cm³/mol. The summed E-state index contributed by atoms with van der Waals surface area (Å²) in [6, 6.07) is 5.98. The van der Waals surface area contributed by atoms with Gasteiger partial charge in [0.2, 0.25) is 0 Å². The van der Waals surface area contributed by atoms with Crippen LogP contribution in [0.4, 0.5) is 11.4 Å². The molecule has 0 saturated heterocycles. The molecule has 0 amide bonds. The topological polar surface area (TPSA) is 38.0 Å². The normalized spacial score (nSPS) is 19.6. The van der Waals surface area contributed by atoms with Crippen molar-refractivity contribution in [2.75, 3.05) is 17.6 Å². The zero-order valence-corrected chi connectivity index (χ0v) is 11.5. The predicted octanol–water partition coefficient (Wildman–Crippen LogP) is 3.88. The molecule has 0 bridgehead atoms. The smallest absolute Gasteiger partial charge is 0.0486 e. The van der Waals surface area contributed by atoms with E-state index in [4.69, 9.17) is 5.73 Å². The summed E-state index contributed by atoms with van der Waals surface area (Å²) < 4.78 is 1.07. The van der Waals surface area contributed by atoms with Gasteiger partial charge in [-0.1, -0.05) is 0 Å². The average Bonchev–Trinajstić information content (AvgIpc) is 3.15. The van der Waals surface area contributed by atoms with Crippen LogP contribution in [0, 0.1) is 17.8 Å². The monoisotopic (exact) mass is 294 g/mol. The summed E-state index contributed by atoms with van der Waals surface area (Å²) in [6.07, 6.45) is 5.80. The van der Waals surface area contributed by atoms with E-state index >= 15 is 0 Å². The van der Waals surface area contributed by atoms with Crippen molar-refractivity contribution in [1.82, 2.24) is 0 Å². The Labute approximate surface area is 111 Å². The van der Waals surface area contributed by atoms with Crippen molar-refractivity contribution in [3.8, 4) is 0 Å². The molecular formula is C14H19BrN2. The van der Waals surface area contributed by atoms with E-state index in [2.05, 4.69) is 27.3 Å². The Bertz CT molecular complexity index is 399. The molecule has 2 nitrogen and oxygen atoms in total. The molecule has 1 aromatic rings. The number of hydrogen-bond donors (Lipinski definition) is 2. The van der Waals surface area contributed by atoms with Gasteiger partial charge in [0.25, 0.3) is 0 Å². The number of nitrogens with two attached hydrogens (primary N) is 1. The molecule has 1 aromatic carbocycles. The summed E-state index contributed by atoms with van der Waals surface area (Å²) in [5.41, 5.74) is 7.72. The molecule has 2 fully saturated rings. The number of nitrogens with one attached hydrogen (secondary N) is 1. The molecule has 92 valence electrons. The van der Waals surface area contributed by atoms with Crippen molar-refractivity contribution >= 4 is 27.3 Å². The van der Waals surface area contributed by atoms with Gasteiger partial charge in [-0.2, -0.15) is 0 Å². The Balaban J connectivity index is 1.62. The van der Waals surface area contributed by atoms with Gasteiger partial charge in [0.1, 0.15) is 0 Å². The molecule has 0 atom stereocenters. The highest BCUT2D eigenvalue weighted by Crippen LogP contribution is 2.49. The first-order valence-corrected chi connectivity index (χ1v) is 7.32. The molecule has 0 aromatic heterocycles. The van der Waals surface area contributed by atoms with Crippen LogP contribution in [0.2, 0.25) is 0 Å². The first-order chi connectivity index (χ1) is 8.24. The quantitative estimate of drug-likeness (QED) is 0.809. The van der Waals surface area contributed by atoms with Crippen LogP contribution >= 0.6 is 15.9 Å². The third-order valence-electron chi connectivity index (χ3n) is 3.98. The van der Waals surface area contributed by atoms with Gasteiger partial charge >= 0.3 is 0 Å². The van der Waals surface area contributed by atoms with Crippen LogP contribution in [-0.4, -0.2) is 6.54 Å². The first kappa shape index (κ1) is 11.4. The lowest BCUT2D eigenvalue weighted by Crippen LogP contribution is -2.18. The lowest BCUT2D eigenvalue weighted by molar-refractivity contribution is 0.428. The lowest BCUT2D eigenvalue weighted by atomic mass is 9.98. The highest BCUT2D eigenvalue weighted by atomic mass is 79.9. The van der Waals surface area contributed by atoms with Crippen molar-refractivity contribution < 1.29 is 0 Å². The zero-order valence-electron chi connectivity index (χ0n) is 9.95. The Morgan fingerprint density at radius 1 is 1.24 bits per heavy atom. The van der Waals surface area contributed by atoms with E-state index in [1.807, 2.05) is 12.1 Å². The summed E-state index contributed by atoms with van der Waals surface area (Å²) in [6.45, 7) is 1.12. The minimum absolute atomic E-state index is 0.809. The Morgan fingerprint density at radius 2 is 1.88 bits per heavy atom. The summed E-state index contributed by atoms with van der Waals surface area (Å²) in [7, 11) is 0. The third-order valence-corrected chi connectivity index (χ3v) is 4.63. The minimum Gasteiger partial charge on any atom is -0.399 e. The molecule has 0 heterocycles. The number of halogens is 1. The van der Waals surface area contributed by atoms with Crippen LogP contribution in [0.3, 0.4) is 0 Å². The second-order valence-corrected chi connectivity index (χ2v) is 6.31. The van der Waals surface area contributed by atoms with Gasteiger partial charge in [-0.25, -0.2) is 0 Å². The van der Waals surface area contributed by atoms with Gasteiger partial charge in [0, 0.05) is 22.4 Å². The zero-order chi connectivity index (χ0) is 11.8. The maximum atomic E-state index is 5.74. The van der Waals surface area contributed by atoms with Crippen molar-refractivity contribution in [3.05, 3.63) is 22.7 Å². The fourth-order valence-corrected chi connectivity index (χ4v) is 3.21. The number of rotatable bonds is 5. The van der Waals surface area contributed by atoms with Crippen LogP contribution in [0.5, 0.6) is 0 Å². The van der Waals surface area contributed by atoms with Crippen molar-refractivity contribution in [1.29, 1.82) is 0 Å². The van der Waals surface area contributed by atoms with Gasteiger partial charge in [0.15, 0.2) is 0 Å². The minimum atomic E-state index is 0.809. The summed E-state index contributed by atoms with van der Waals surface area (Å²) >= 11 is 3.56. The van der Waals surface area contributed by atoms with Crippen molar-refractivity contribution in [2.24, 2.45) is 17.8 Å². The number of benzene rings is 1. The van der Waals surface area contributed by atoms with Crippen LogP contribution in [0.1, 0.15) is 25.7 Å². The van der Waals surface area contributed by atoms with Gasteiger partial charge in [0.05, 0.1) is 0 Å². The largest absolute Gasteiger partial charge is 0.399 e. The van der Waals surface area contributed by atoms with Crippen molar-refractivity contribution in [3.63, 3.8) is 0 Å². The van der Waals surface area contributed by atoms with Gasteiger partial charge in [-0.15, -0.1) is 0 Å². The molecule has 3 N–H and O–H groups in total. The van der Waals surface area contributed by atoms with E-state index in [1.54, 1.807) is 0 Å². The standard InChI is InChI=1S/C14H19BrN2/c15-13-7-11(16)5-6-14(13)17-8-12(9-1-2-9)10-3-4-10/h5-7,9-10,12,17H,1-4,8,16H2. The maximum Gasteiger partial charge on any atom is 0.0486 e. The Morgan fingerprint density at radius 3 is 2.41 bits per heavy atom. The molecule has 0 unspecified atom stereocenters. The van der Waals surface area contributed by atoms with Gasteiger partial charge in [-0.3, -0.25) is 0 Å². The van der Waals surface area contributed by atoms with E-state index in [0.29, 0.717) is 0 Å². The molecule has 3 rings (SSSR count). The molecule has 0 aliphatic heterocycles. The molecule has 0 spiro atoms. The van der Waals surface area contributed by atoms with Crippen molar-refractivity contribution in [2.45, 2.75) is 25.7 Å². The van der Waals surface area contributed by atoms with E-state index in [0.717, 1.165) is 34.5 Å². The van der Waals surface area contributed by atoms with Gasteiger partial charge < -0.3 is 11.1 Å². The highest BCUT2D eigenvalue weighted by Gasteiger charge is 2.40. The second kappa shape index (κ2) is 4.52. The average molecular weight is 295 g/mol. The second-order valence-electron chi connectivity index (χ2n) is 5.46. The van der Waals surface area contributed by atoms with Crippen LogP contribution in [-0.2, 0) is 0 Å². The highest BCUT2D eigenvalue weighted by molar-refractivity contribution is 9.10. The number of anilines is 2. The molecular weight excluding hydrogens is 276 g/mol. The Hall–Kier alpha value is -0.700. The molecule has 2 aliphatic rings. The fourth-order valence-electron chi connectivity index (χ4n) is 2.67. The van der Waals surface area contributed by atoms with Crippen LogP contribution < -0.4 is 11.1 Å². The fraction of sp³-hybridized carbons (Fsp3) is 0.571. The van der Waals surface area contributed by atoms with Gasteiger partial charge in [-0.05, 0) is 77.6 Å². The van der Waals surface area contributed by atoms with E-state index < -0.39 is 0 Å². The lowest BCUT2D eigenvalue weighted by Gasteiger charge is -2.18. The number of nitrogen functional groups attached to an aromatic ring is 1.